The Morgan fingerprint density at radius 2 is 1.74 bits per heavy atom. The van der Waals surface area contributed by atoms with E-state index >= 15 is 0 Å². The first-order valence-corrected chi connectivity index (χ1v) is 9.48. The van der Waals surface area contributed by atoms with E-state index in [2.05, 4.69) is 14.7 Å². The van der Waals surface area contributed by atoms with Crippen LogP contribution in [0.5, 0.6) is 0 Å². The Morgan fingerprint density at radius 3 is 2.29 bits per heavy atom. The summed E-state index contributed by atoms with van der Waals surface area (Å²) in [7, 11) is 2.22. The maximum absolute atomic E-state index is 13.6. The Kier molecular flexibility index (Phi) is 6.94. The van der Waals surface area contributed by atoms with Gasteiger partial charge in [0, 0.05) is 17.7 Å². The number of halogens is 3. The molecule has 0 spiro atoms. The number of esters is 2. The maximum Gasteiger partial charge on any atom is 0.377 e. The van der Waals surface area contributed by atoms with Gasteiger partial charge in [0.2, 0.25) is 5.82 Å². The predicted octanol–water partition coefficient (Wildman–Crippen LogP) is 3.03. The van der Waals surface area contributed by atoms with Gasteiger partial charge >= 0.3 is 11.9 Å². The molecule has 1 unspecified atom stereocenters. The molecule has 13 heteroatoms. The average Bonchev–Trinajstić information content (AvgIpc) is 2.80. The predicted molar refractivity (Wildman–Crippen MR) is 107 cm³/mol. The van der Waals surface area contributed by atoms with Gasteiger partial charge in [-0.25, -0.2) is 32.7 Å². The van der Waals surface area contributed by atoms with Crippen molar-refractivity contribution in [2.75, 3.05) is 14.2 Å². The molecule has 0 saturated heterocycles. The standard InChI is InChI=1S/C21H16F3N3O7/c1-9-4-14(10-5-12(22)18(24)13(23)6-10)26-19(25-9)21(29)34-17-7-11(20(28)33-3)15(27(30)31)8-16(17)32-2/h4-6,8,17H,7H2,1-3H3. The van der Waals surface area contributed by atoms with Crippen molar-refractivity contribution < 1.29 is 41.9 Å². The number of aryl methyl sites for hydroxylation is 1. The van der Waals surface area contributed by atoms with E-state index in [0.717, 1.165) is 13.2 Å². The van der Waals surface area contributed by atoms with Gasteiger partial charge in [-0.05, 0) is 25.1 Å². The summed E-state index contributed by atoms with van der Waals surface area (Å²) in [5.41, 5.74) is -0.953. The lowest BCUT2D eigenvalue weighted by Crippen LogP contribution is -2.29. The number of carbonyl (C=O) groups excluding carboxylic acids is 2. The second-order valence-corrected chi connectivity index (χ2v) is 6.93. The zero-order valence-corrected chi connectivity index (χ0v) is 17.9. The summed E-state index contributed by atoms with van der Waals surface area (Å²) >= 11 is 0. The van der Waals surface area contributed by atoms with Crippen LogP contribution in [0.15, 0.2) is 41.3 Å². The van der Waals surface area contributed by atoms with Crippen molar-refractivity contribution in [1.29, 1.82) is 0 Å². The summed E-state index contributed by atoms with van der Waals surface area (Å²) in [5, 5.41) is 11.3. The van der Waals surface area contributed by atoms with E-state index in [1.807, 2.05) is 0 Å². The van der Waals surface area contributed by atoms with Crippen molar-refractivity contribution in [3.05, 3.63) is 80.4 Å². The molecule has 0 bridgehead atoms. The topological polar surface area (TPSA) is 131 Å². The van der Waals surface area contributed by atoms with Gasteiger partial charge in [0.25, 0.3) is 5.70 Å². The molecule has 178 valence electrons. The summed E-state index contributed by atoms with van der Waals surface area (Å²) < 4.78 is 55.5. The van der Waals surface area contributed by atoms with Gasteiger partial charge in [0.05, 0.1) is 30.9 Å². The van der Waals surface area contributed by atoms with Crippen LogP contribution in [-0.4, -0.2) is 47.2 Å². The van der Waals surface area contributed by atoms with Crippen LogP contribution >= 0.6 is 0 Å². The number of nitro groups is 1. The van der Waals surface area contributed by atoms with E-state index in [9.17, 15) is 32.9 Å². The Labute approximate surface area is 189 Å². The second-order valence-electron chi connectivity index (χ2n) is 6.93. The molecule has 1 aliphatic rings. The third kappa shape index (κ3) is 4.87. The molecule has 1 aromatic carbocycles. The number of ether oxygens (including phenoxy) is 3. The fraction of sp³-hybridized carbons (Fsp3) is 0.238. The largest absolute Gasteiger partial charge is 0.497 e. The monoisotopic (exact) mass is 479 g/mol. The van der Waals surface area contributed by atoms with Crippen LogP contribution in [0.25, 0.3) is 11.3 Å². The first-order valence-electron chi connectivity index (χ1n) is 9.48. The lowest BCUT2D eigenvalue weighted by molar-refractivity contribution is -0.420. The highest BCUT2D eigenvalue weighted by Crippen LogP contribution is 2.29. The van der Waals surface area contributed by atoms with Crippen LogP contribution < -0.4 is 0 Å². The highest BCUT2D eigenvalue weighted by molar-refractivity contribution is 5.90. The highest BCUT2D eigenvalue weighted by Gasteiger charge is 2.37. The molecule has 0 aliphatic heterocycles. The van der Waals surface area contributed by atoms with E-state index in [1.165, 1.54) is 20.1 Å². The third-order valence-electron chi connectivity index (χ3n) is 4.72. The number of benzene rings is 1. The summed E-state index contributed by atoms with van der Waals surface area (Å²) in [6.45, 7) is 1.47. The van der Waals surface area contributed by atoms with Gasteiger partial charge in [-0.15, -0.1) is 0 Å². The maximum atomic E-state index is 13.6. The average molecular weight is 479 g/mol. The minimum atomic E-state index is -1.66. The van der Waals surface area contributed by atoms with E-state index < -0.39 is 58.4 Å². The normalized spacial score (nSPS) is 15.5. The van der Waals surface area contributed by atoms with E-state index in [1.54, 1.807) is 0 Å². The molecule has 10 nitrogen and oxygen atoms in total. The van der Waals surface area contributed by atoms with E-state index in [0.29, 0.717) is 12.1 Å². The Hall–Kier alpha value is -4.29. The van der Waals surface area contributed by atoms with Gasteiger partial charge < -0.3 is 14.2 Å². The zero-order valence-electron chi connectivity index (χ0n) is 17.9. The van der Waals surface area contributed by atoms with Gasteiger partial charge in [0.1, 0.15) is 11.3 Å². The van der Waals surface area contributed by atoms with Crippen LogP contribution in [0.4, 0.5) is 13.2 Å². The molecule has 1 heterocycles. The first-order chi connectivity index (χ1) is 16.0. The molecule has 0 fully saturated rings. The number of carbonyl (C=O) groups is 2. The summed E-state index contributed by atoms with van der Waals surface area (Å²) in [5.74, 6) is -7.30. The van der Waals surface area contributed by atoms with Crippen LogP contribution in [0.2, 0.25) is 0 Å². The number of allylic oxidation sites excluding steroid dienone is 1. The lowest BCUT2D eigenvalue weighted by Gasteiger charge is -2.23. The third-order valence-corrected chi connectivity index (χ3v) is 4.72. The summed E-state index contributed by atoms with van der Waals surface area (Å²) in [4.78, 5) is 43.1. The molecule has 3 rings (SSSR count). The van der Waals surface area contributed by atoms with Crippen molar-refractivity contribution in [3.8, 4) is 11.3 Å². The van der Waals surface area contributed by atoms with Crippen molar-refractivity contribution in [2.24, 2.45) is 0 Å². The van der Waals surface area contributed by atoms with Crippen LogP contribution in [0.3, 0.4) is 0 Å². The Bertz CT molecular complexity index is 1240. The Balaban J connectivity index is 1.93. The van der Waals surface area contributed by atoms with Crippen molar-refractivity contribution in [1.82, 2.24) is 9.97 Å². The van der Waals surface area contributed by atoms with Crippen molar-refractivity contribution in [3.63, 3.8) is 0 Å². The molecule has 0 amide bonds. The number of hydrogen-bond acceptors (Lipinski definition) is 9. The molecule has 0 N–H and O–H groups in total. The van der Waals surface area contributed by atoms with E-state index in [-0.39, 0.29) is 28.3 Å². The summed E-state index contributed by atoms with van der Waals surface area (Å²) in [6.07, 6.45) is -0.759. The van der Waals surface area contributed by atoms with E-state index in [4.69, 9.17) is 9.47 Å². The minimum absolute atomic E-state index is 0.0887. The molecular weight excluding hydrogens is 463 g/mol. The first kappa shape index (κ1) is 24.4. The number of aromatic nitrogens is 2. The van der Waals surface area contributed by atoms with Crippen LogP contribution in [0.1, 0.15) is 22.7 Å². The Morgan fingerprint density at radius 1 is 1.09 bits per heavy atom. The second kappa shape index (κ2) is 9.68. The lowest BCUT2D eigenvalue weighted by atomic mass is 9.98. The van der Waals surface area contributed by atoms with Crippen molar-refractivity contribution >= 4 is 11.9 Å². The van der Waals surface area contributed by atoms with Gasteiger partial charge in [-0.2, -0.15) is 0 Å². The zero-order chi connectivity index (χ0) is 25.2. The quantitative estimate of drug-likeness (QED) is 0.265. The van der Waals surface area contributed by atoms with Crippen molar-refractivity contribution in [2.45, 2.75) is 19.4 Å². The molecule has 0 radical (unpaired) electrons. The molecule has 1 aromatic heterocycles. The van der Waals surface area contributed by atoms with Gasteiger partial charge in [0.15, 0.2) is 23.6 Å². The molecule has 1 atom stereocenters. The van der Waals surface area contributed by atoms with Gasteiger partial charge in [-0.1, -0.05) is 0 Å². The molecule has 2 aromatic rings. The van der Waals surface area contributed by atoms with Gasteiger partial charge in [-0.3, -0.25) is 10.1 Å². The number of hydrogen-bond donors (Lipinski definition) is 0. The van der Waals surface area contributed by atoms with Crippen LogP contribution in [0, 0.1) is 34.5 Å². The minimum Gasteiger partial charge on any atom is -0.497 e. The smallest absolute Gasteiger partial charge is 0.377 e. The SMILES string of the molecule is COC(=O)C1=C([N+](=O)[O-])C=C(OC)C(OC(=O)c2nc(C)cc(-c3cc(F)c(F)c(F)c3)n2)C1. The highest BCUT2D eigenvalue weighted by atomic mass is 19.2. The molecule has 1 aliphatic carbocycles. The number of nitrogens with zero attached hydrogens (tertiary/aromatic N) is 3. The summed E-state index contributed by atoms with van der Waals surface area (Å²) in [6, 6.07) is 2.72. The number of rotatable bonds is 6. The van der Waals surface area contributed by atoms with Crippen LogP contribution in [-0.2, 0) is 19.0 Å². The fourth-order valence-electron chi connectivity index (χ4n) is 3.16. The molecule has 0 saturated carbocycles. The molecule has 34 heavy (non-hydrogen) atoms. The molecular formula is C21H16F3N3O7. The number of methoxy groups -OCH3 is 2. The fourth-order valence-corrected chi connectivity index (χ4v) is 3.16.